The van der Waals surface area contributed by atoms with Crippen LogP contribution in [0.4, 0.5) is 0 Å². The lowest BCUT2D eigenvalue weighted by atomic mass is 9.94. The number of esters is 1. The Morgan fingerprint density at radius 1 is 1.14 bits per heavy atom. The number of nitrogens with one attached hydrogen (secondary N) is 2. The minimum absolute atomic E-state index is 0.245. The van der Waals surface area contributed by atoms with Crippen molar-refractivity contribution in [1.29, 1.82) is 0 Å². The average molecular weight is 473 g/mol. The van der Waals surface area contributed by atoms with E-state index in [0.717, 1.165) is 33.6 Å². The van der Waals surface area contributed by atoms with Crippen LogP contribution in [0.3, 0.4) is 0 Å². The molecule has 35 heavy (non-hydrogen) atoms. The third-order valence-electron chi connectivity index (χ3n) is 5.93. The van der Waals surface area contributed by atoms with Crippen LogP contribution in [-0.2, 0) is 20.9 Å². The van der Waals surface area contributed by atoms with Crippen molar-refractivity contribution >= 4 is 29.3 Å². The highest BCUT2D eigenvalue weighted by atomic mass is 16.5. The number of fused-ring (bicyclic) bond motifs is 1. The Balaban J connectivity index is 1.84. The summed E-state index contributed by atoms with van der Waals surface area (Å²) in [6, 6.07) is 16.5. The minimum atomic E-state index is -0.516. The Bertz CT molecular complexity index is 1190. The Morgan fingerprint density at radius 2 is 1.91 bits per heavy atom. The third kappa shape index (κ3) is 5.24. The van der Waals surface area contributed by atoms with Gasteiger partial charge in [-0.05, 0) is 49.9 Å². The summed E-state index contributed by atoms with van der Waals surface area (Å²) in [5.74, 6) is -0.0817. The first-order chi connectivity index (χ1) is 17.1. The van der Waals surface area contributed by atoms with E-state index in [2.05, 4.69) is 21.8 Å². The summed E-state index contributed by atoms with van der Waals surface area (Å²) in [4.78, 5) is 13.0. The molecule has 0 saturated heterocycles. The van der Waals surface area contributed by atoms with Gasteiger partial charge >= 0.3 is 5.97 Å². The topological polar surface area (TPSA) is 75.2 Å². The molecule has 1 aliphatic heterocycles. The molecule has 1 heterocycles. The molecule has 1 aliphatic carbocycles. The Hall–Kier alpha value is -4.00. The van der Waals surface area contributed by atoms with Crippen LogP contribution in [0.25, 0.3) is 17.2 Å². The summed E-state index contributed by atoms with van der Waals surface area (Å²) >= 11 is 0. The third-order valence-corrected chi connectivity index (χ3v) is 5.93. The highest BCUT2D eigenvalue weighted by molar-refractivity contribution is 6.01. The zero-order valence-electron chi connectivity index (χ0n) is 20.7. The highest BCUT2D eigenvalue weighted by Gasteiger charge is 2.35. The zero-order valence-corrected chi connectivity index (χ0v) is 20.7. The maximum Gasteiger partial charge on any atom is 0.360 e. The van der Waals surface area contributed by atoms with Crippen molar-refractivity contribution in [3.63, 3.8) is 0 Å². The molecule has 0 spiro atoms. The fraction of sp³-hybridized carbons (Fsp3) is 0.286. The largest absolute Gasteiger partial charge is 0.486 e. The molecule has 0 atom stereocenters. The van der Waals surface area contributed by atoms with E-state index in [0.29, 0.717) is 18.4 Å². The van der Waals surface area contributed by atoms with Gasteiger partial charge in [-0.1, -0.05) is 42.5 Å². The van der Waals surface area contributed by atoms with Crippen molar-refractivity contribution in [1.82, 2.24) is 15.6 Å². The second kappa shape index (κ2) is 11.0. The van der Waals surface area contributed by atoms with E-state index in [4.69, 9.17) is 9.47 Å². The van der Waals surface area contributed by atoms with Gasteiger partial charge in [-0.2, -0.15) is 5.10 Å². The highest BCUT2D eigenvalue weighted by Crippen LogP contribution is 2.41. The molecule has 4 rings (SSSR count). The number of ether oxygens (including phenoxy) is 2. The van der Waals surface area contributed by atoms with Crippen LogP contribution in [-0.4, -0.2) is 37.4 Å². The van der Waals surface area contributed by atoms with Gasteiger partial charge in [0.05, 0.1) is 18.5 Å². The molecule has 0 aromatic heterocycles. The van der Waals surface area contributed by atoms with Crippen LogP contribution in [0.5, 0.6) is 0 Å². The molecule has 7 heteroatoms. The Kier molecular flexibility index (Phi) is 7.55. The average Bonchev–Trinajstić information content (AvgIpc) is 3.72. The van der Waals surface area contributed by atoms with E-state index in [-0.39, 0.29) is 5.70 Å². The molecular formula is C28H32N4O3. The molecule has 182 valence electrons. The number of hydrazone groups is 1. The molecule has 2 N–H and O–H groups in total. The first kappa shape index (κ1) is 24.1. The summed E-state index contributed by atoms with van der Waals surface area (Å²) in [5, 5.41) is 12.9. The maximum atomic E-state index is 13.0. The van der Waals surface area contributed by atoms with Crippen molar-refractivity contribution in [3.05, 3.63) is 88.8 Å². The number of nitrogens with zero attached hydrogens (tertiary/aromatic N) is 2. The van der Waals surface area contributed by atoms with Crippen molar-refractivity contribution < 1.29 is 14.3 Å². The van der Waals surface area contributed by atoms with Crippen LogP contribution >= 0.6 is 0 Å². The zero-order chi connectivity index (χ0) is 24.8. The molecule has 0 amide bonds. The van der Waals surface area contributed by atoms with E-state index >= 15 is 0 Å². The normalized spacial score (nSPS) is 17.0. The molecule has 7 nitrogen and oxygen atoms in total. The van der Waals surface area contributed by atoms with Gasteiger partial charge in [0.15, 0.2) is 11.5 Å². The van der Waals surface area contributed by atoms with Crippen molar-refractivity contribution in [2.75, 3.05) is 14.2 Å². The van der Waals surface area contributed by atoms with Crippen LogP contribution < -0.4 is 10.6 Å². The van der Waals surface area contributed by atoms with Crippen LogP contribution in [0.2, 0.25) is 0 Å². The number of hydrogen-bond acceptors (Lipinski definition) is 7. The van der Waals surface area contributed by atoms with Gasteiger partial charge in [-0.15, -0.1) is 0 Å². The molecule has 2 aromatic carbocycles. The number of methoxy groups -OCH3 is 1. The summed E-state index contributed by atoms with van der Waals surface area (Å²) < 4.78 is 11.5. The van der Waals surface area contributed by atoms with Crippen molar-refractivity contribution in [2.24, 2.45) is 5.10 Å². The fourth-order valence-electron chi connectivity index (χ4n) is 4.00. The molecule has 2 aliphatic rings. The molecule has 1 saturated carbocycles. The van der Waals surface area contributed by atoms with Crippen LogP contribution in [0, 0.1) is 0 Å². The van der Waals surface area contributed by atoms with Gasteiger partial charge in [-0.3, -0.25) is 0 Å². The number of benzene rings is 2. The SMILES string of the molecule is C/C=N\N1C(C(=O)OC)=C(OCc2ccccc2)c2ccc(/C(=C/NC3CC3)NC)cc2/C1=C\C. The number of carbonyl (C=O) groups excluding carboxylic acids is 1. The van der Waals surface area contributed by atoms with Gasteiger partial charge in [0.25, 0.3) is 0 Å². The van der Waals surface area contributed by atoms with Gasteiger partial charge < -0.3 is 20.1 Å². The lowest BCUT2D eigenvalue weighted by Gasteiger charge is -2.32. The second-order valence-corrected chi connectivity index (χ2v) is 8.31. The molecule has 0 bridgehead atoms. The molecule has 1 fully saturated rings. The lowest BCUT2D eigenvalue weighted by molar-refractivity contribution is -0.137. The quantitative estimate of drug-likeness (QED) is 0.407. The van der Waals surface area contributed by atoms with Gasteiger partial charge in [-0.25, -0.2) is 9.80 Å². The number of carbonyl (C=O) groups is 1. The van der Waals surface area contributed by atoms with E-state index in [1.54, 1.807) is 11.2 Å². The van der Waals surface area contributed by atoms with E-state index in [1.807, 2.05) is 75.6 Å². The van der Waals surface area contributed by atoms with Crippen LogP contribution in [0.15, 0.2) is 71.6 Å². The van der Waals surface area contributed by atoms with Gasteiger partial charge in [0.2, 0.25) is 0 Å². The summed E-state index contributed by atoms with van der Waals surface area (Å²) in [7, 11) is 3.27. The maximum absolute atomic E-state index is 13.0. The van der Waals surface area contributed by atoms with Gasteiger partial charge in [0, 0.05) is 36.6 Å². The van der Waals surface area contributed by atoms with Crippen molar-refractivity contribution in [2.45, 2.75) is 39.3 Å². The van der Waals surface area contributed by atoms with E-state index in [1.165, 1.54) is 20.0 Å². The van der Waals surface area contributed by atoms with Gasteiger partial charge in [0.1, 0.15) is 6.61 Å². The number of allylic oxidation sites excluding steroid dienone is 1. The first-order valence-corrected chi connectivity index (χ1v) is 11.8. The molecule has 2 aromatic rings. The monoisotopic (exact) mass is 472 g/mol. The van der Waals surface area contributed by atoms with E-state index < -0.39 is 5.97 Å². The van der Waals surface area contributed by atoms with Crippen molar-refractivity contribution in [3.8, 4) is 0 Å². The molecule has 0 radical (unpaired) electrons. The minimum Gasteiger partial charge on any atom is -0.486 e. The fourth-order valence-corrected chi connectivity index (χ4v) is 4.00. The Morgan fingerprint density at radius 3 is 2.54 bits per heavy atom. The van der Waals surface area contributed by atoms with E-state index in [9.17, 15) is 4.79 Å². The number of hydrogen-bond donors (Lipinski definition) is 2. The predicted molar refractivity (Wildman–Crippen MR) is 139 cm³/mol. The molecule has 0 unspecified atom stereocenters. The molecular weight excluding hydrogens is 440 g/mol. The smallest absolute Gasteiger partial charge is 0.360 e. The predicted octanol–water partition coefficient (Wildman–Crippen LogP) is 4.70. The summed E-state index contributed by atoms with van der Waals surface area (Å²) in [6.45, 7) is 4.04. The lowest BCUT2D eigenvalue weighted by Crippen LogP contribution is -2.29. The van der Waals surface area contributed by atoms with Crippen LogP contribution in [0.1, 0.15) is 48.9 Å². The summed E-state index contributed by atoms with van der Waals surface area (Å²) in [6.07, 6.45) is 8.02. The number of rotatable bonds is 9. The standard InChI is InChI=1S/C28H32N4O3/c1-5-25-23-16-20(24(29-3)17-30-21-13-14-21)12-15-22(23)27(35-18-19-10-8-7-9-11-19)26(28(33)34-4)32(25)31-6-2/h5-12,15-17,21,29-30H,13-14,18H2,1-4H3/b24-17-,25-5+,31-6-. The summed E-state index contributed by atoms with van der Waals surface area (Å²) in [5.41, 5.74) is 5.74. The Labute approximate surface area is 206 Å². The second-order valence-electron chi connectivity index (χ2n) is 8.31. The first-order valence-electron chi connectivity index (χ1n) is 11.8.